The maximum atomic E-state index is 10.6. The number of rotatable bonds is 4. The maximum Gasteiger partial charge on any atom is 0.269 e. The lowest BCUT2D eigenvalue weighted by molar-refractivity contribution is -0.874. The molecule has 5 heteroatoms. The average Bonchev–Trinajstić information content (AvgIpc) is 2.15. The number of hydrogen-bond acceptors (Lipinski definition) is 3. The van der Waals surface area contributed by atoms with E-state index in [0.717, 1.165) is 0 Å². The zero-order chi connectivity index (χ0) is 12.3. The monoisotopic (exact) mass is 225 g/mol. The molecule has 1 N–H and O–H groups in total. The van der Waals surface area contributed by atoms with Crippen molar-refractivity contribution < 1.29 is 14.5 Å². The molecule has 0 aliphatic carbocycles. The van der Waals surface area contributed by atoms with E-state index < -0.39 is 11.0 Å². The third kappa shape index (κ3) is 3.60. The normalized spacial score (nSPS) is 13.5. The zero-order valence-corrected chi connectivity index (χ0v) is 9.75. The van der Waals surface area contributed by atoms with Crippen LogP contribution in [0, 0.1) is 10.1 Å². The minimum Gasteiger partial charge on any atom is -0.382 e. The maximum absolute atomic E-state index is 10.6. The van der Waals surface area contributed by atoms with Crippen molar-refractivity contribution >= 4 is 5.69 Å². The Hall–Kier alpha value is -1.46. The van der Waals surface area contributed by atoms with Crippen molar-refractivity contribution in [3.63, 3.8) is 0 Å². The molecule has 0 aromatic heterocycles. The van der Waals surface area contributed by atoms with Gasteiger partial charge in [-0.2, -0.15) is 0 Å². The Morgan fingerprint density at radius 2 is 2.06 bits per heavy atom. The molecule has 0 amide bonds. The molecule has 0 bridgehead atoms. The number of hydrogen-bond donors (Lipinski definition) is 1. The van der Waals surface area contributed by atoms with Crippen molar-refractivity contribution in [3.05, 3.63) is 39.9 Å². The van der Waals surface area contributed by atoms with Gasteiger partial charge in [0, 0.05) is 12.1 Å². The molecule has 1 aromatic rings. The van der Waals surface area contributed by atoms with Crippen LogP contribution in [0.2, 0.25) is 0 Å². The Morgan fingerprint density at radius 3 is 2.56 bits per heavy atom. The molecule has 16 heavy (non-hydrogen) atoms. The van der Waals surface area contributed by atoms with Gasteiger partial charge in [-0.3, -0.25) is 10.1 Å². The SMILES string of the molecule is C[N+](C)(C)C[C@@H](O)c1cccc([N+](=O)[O-])c1. The van der Waals surface area contributed by atoms with Crippen LogP contribution in [0.15, 0.2) is 24.3 Å². The average molecular weight is 225 g/mol. The van der Waals surface area contributed by atoms with Crippen LogP contribution in [-0.2, 0) is 0 Å². The van der Waals surface area contributed by atoms with Crippen molar-refractivity contribution in [1.82, 2.24) is 0 Å². The summed E-state index contributed by atoms with van der Waals surface area (Å²) in [6.07, 6.45) is -0.681. The summed E-state index contributed by atoms with van der Waals surface area (Å²) in [6.45, 7) is 0.515. The van der Waals surface area contributed by atoms with E-state index in [9.17, 15) is 15.2 Å². The molecule has 0 radical (unpaired) electrons. The standard InChI is InChI=1S/C11H17N2O3/c1-13(2,3)8-11(14)9-5-4-6-10(7-9)12(15)16/h4-7,11,14H,8H2,1-3H3/q+1/t11-/m1/s1. The molecule has 5 nitrogen and oxygen atoms in total. The van der Waals surface area contributed by atoms with Gasteiger partial charge in [0.05, 0.1) is 26.1 Å². The van der Waals surface area contributed by atoms with Gasteiger partial charge in [-0.1, -0.05) is 12.1 Å². The van der Waals surface area contributed by atoms with E-state index in [2.05, 4.69) is 0 Å². The van der Waals surface area contributed by atoms with Gasteiger partial charge in [0.2, 0.25) is 0 Å². The minimum absolute atomic E-state index is 0.0120. The number of non-ortho nitro benzene ring substituents is 1. The molecule has 0 aliphatic heterocycles. The van der Waals surface area contributed by atoms with Gasteiger partial charge >= 0.3 is 0 Å². The summed E-state index contributed by atoms with van der Waals surface area (Å²) in [6, 6.07) is 6.13. The van der Waals surface area contributed by atoms with Crippen LogP contribution in [0.25, 0.3) is 0 Å². The van der Waals surface area contributed by atoms with Gasteiger partial charge in [-0.15, -0.1) is 0 Å². The molecule has 88 valence electrons. The van der Waals surface area contributed by atoms with E-state index in [1.165, 1.54) is 12.1 Å². The highest BCUT2D eigenvalue weighted by atomic mass is 16.6. The number of likely N-dealkylation sites (N-methyl/N-ethyl adjacent to an activating group) is 1. The van der Waals surface area contributed by atoms with Crippen molar-refractivity contribution in [2.45, 2.75) is 6.10 Å². The fraction of sp³-hybridized carbons (Fsp3) is 0.455. The lowest BCUT2D eigenvalue weighted by Crippen LogP contribution is -2.38. The van der Waals surface area contributed by atoms with E-state index in [1.807, 2.05) is 21.1 Å². The fourth-order valence-electron chi connectivity index (χ4n) is 1.47. The zero-order valence-electron chi connectivity index (χ0n) is 9.75. The minimum atomic E-state index is -0.681. The summed E-state index contributed by atoms with van der Waals surface area (Å²) >= 11 is 0. The summed E-state index contributed by atoms with van der Waals surface area (Å²) < 4.78 is 0.601. The van der Waals surface area contributed by atoms with Crippen LogP contribution in [0.3, 0.4) is 0 Å². The molecule has 0 saturated heterocycles. The summed E-state index contributed by atoms with van der Waals surface area (Å²) in [5.74, 6) is 0. The number of aliphatic hydroxyl groups excluding tert-OH is 1. The Morgan fingerprint density at radius 1 is 1.44 bits per heavy atom. The van der Waals surface area contributed by atoms with Crippen LogP contribution < -0.4 is 0 Å². The van der Waals surface area contributed by atoms with Crippen molar-refractivity contribution in [2.75, 3.05) is 27.7 Å². The van der Waals surface area contributed by atoms with E-state index in [-0.39, 0.29) is 5.69 Å². The first-order valence-electron chi connectivity index (χ1n) is 5.02. The molecule has 0 fully saturated rings. The highest BCUT2D eigenvalue weighted by molar-refractivity contribution is 5.35. The van der Waals surface area contributed by atoms with Crippen molar-refractivity contribution in [2.24, 2.45) is 0 Å². The Balaban J connectivity index is 2.87. The van der Waals surface area contributed by atoms with Gasteiger partial charge in [0.25, 0.3) is 5.69 Å². The van der Waals surface area contributed by atoms with E-state index >= 15 is 0 Å². The predicted octanol–water partition coefficient (Wildman–Crippen LogP) is 1.33. The van der Waals surface area contributed by atoms with Crippen LogP contribution >= 0.6 is 0 Å². The van der Waals surface area contributed by atoms with Gasteiger partial charge in [0.1, 0.15) is 12.6 Å². The number of nitro groups is 1. The lowest BCUT2D eigenvalue weighted by atomic mass is 10.1. The van der Waals surface area contributed by atoms with Crippen LogP contribution in [0.1, 0.15) is 11.7 Å². The molecular weight excluding hydrogens is 208 g/mol. The molecule has 1 atom stereocenters. The molecule has 0 heterocycles. The number of nitro benzene ring substituents is 1. The summed E-state index contributed by atoms with van der Waals surface area (Å²) in [4.78, 5) is 10.1. The van der Waals surface area contributed by atoms with Crippen molar-refractivity contribution in [3.8, 4) is 0 Å². The summed E-state index contributed by atoms with van der Waals surface area (Å²) in [5, 5.41) is 20.5. The van der Waals surface area contributed by atoms with Gasteiger partial charge in [-0.25, -0.2) is 0 Å². The van der Waals surface area contributed by atoms with E-state index in [1.54, 1.807) is 12.1 Å². The largest absolute Gasteiger partial charge is 0.382 e. The molecule has 1 rings (SSSR count). The Kier molecular flexibility index (Phi) is 3.62. The van der Waals surface area contributed by atoms with Crippen LogP contribution in [-0.4, -0.2) is 42.2 Å². The third-order valence-corrected chi connectivity index (χ3v) is 2.19. The second-order valence-corrected chi connectivity index (χ2v) is 4.84. The second kappa shape index (κ2) is 4.59. The number of nitrogens with zero attached hydrogens (tertiary/aromatic N) is 2. The quantitative estimate of drug-likeness (QED) is 0.477. The smallest absolute Gasteiger partial charge is 0.269 e. The molecule has 0 saturated carbocycles. The van der Waals surface area contributed by atoms with Crippen LogP contribution in [0.5, 0.6) is 0 Å². The number of quaternary nitrogens is 1. The van der Waals surface area contributed by atoms with Gasteiger partial charge in [0.15, 0.2) is 0 Å². The molecule has 0 aliphatic rings. The molecule has 1 aromatic carbocycles. The van der Waals surface area contributed by atoms with Gasteiger partial charge in [-0.05, 0) is 5.56 Å². The number of benzene rings is 1. The summed E-state index contributed by atoms with van der Waals surface area (Å²) in [5.41, 5.74) is 0.597. The Labute approximate surface area is 94.7 Å². The molecule has 0 unspecified atom stereocenters. The lowest BCUT2D eigenvalue weighted by Gasteiger charge is -2.26. The molecule has 0 spiro atoms. The van der Waals surface area contributed by atoms with Gasteiger partial charge < -0.3 is 9.59 Å². The van der Waals surface area contributed by atoms with E-state index in [4.69, 9.17) is 0 Å². The highest BCUT2D eigenvalue weighted by Gasteiger charge is 2.18. The van der Waals surface area contributed by atoms with Crippen LogP contribution in [0.4, 0.5) is 5.69 Å². The highest BCUT2D eigenvalue weighted by Crippen LogP contribution is 2.20. The summed E-state index contributed by atoms with van der Waals surface area (Å²) in [7, 11) is 5.88. The van der Waals surface area contributed by atoms with Crippen molar-refractivity contribution in [1.29, 1.82) is 0 Å². The number of aliphatic hydroxyl groups is 1. The third-order valence-electron chi connectivity index (χ3n) is 2.19. The molecular formula is C11H17N2O3+. The fourth-order valence-corrected chi connectivity index (χ4v) is 1.47. The first-order valence-corrected chi connectivity index (χ1v) is 5.02. The predicted molar refractivity (Wildman–Crippen MR) is 61.0 cm³/mol. The second-order valence-electron chi connectivity index (χ2n) is 4.84. The Bertz CT molecular complexity index is 385. The first-order chi connectivity index (χ1) is 7.29. The topological polar surface area (TPSA) is 63.4 Å². The first kappa shape index (κ1) is 12.6. The van der Waals surface area contributed by atoms with E-state index in [0.29, 0.717) is 16.6 Å².